The van der Waals surface area contributed by atoms with Crippen molar-refractivity contribution in [3.05, 3.63) is 0 Å². The molecule has 0 aromatic heterocycles. The van der Waals surface area contributed by atoms with Gasteiger partial charge in [-0.2, -0.15) is 0 Å². The summed E-state index contributed by atoms with van der Waals surface area (Å²) in [5.74, 6) is -0.704. The van der Waals surface area contributed by atoms with Crippen LogP contribution in [0, 0.1) is 17.8 Å². The summed E-state index contributed by atoms with van der Waals surface area (Å²) in [6.07, 6.45) is 18.4. The van der Waals surface area contributed by atoms with E-state index in [9.17, 15) is 14.7 Å². The summed E-state index contributed by atoms with van der Waals surface area (Å²) in [6.45, 7) is 6.79. The Morgan fingerprint density at radius 1 is 0.833 bits per heavy atom. The molecule has 30 heavy (non-hydrogen) atoms. The van der Waals surface area contributed by atoms with Crippen molar-refractivity contribution in [2.75, 3.05) is 0 Å². The number of carboxylic acid groups (broad SMARTS) is 1. The second-order valence-corrected chi connectivity index (χ2v) is 9.90. The van der Waals surface area contributed by atoms with Crippen molar-refractivity contribution in [2.24, 2.45) is 17.8 Å². The maximum absolute atomic E-state index is 12.7. The molecule has 4 heteroatoms. The second-order valence-electron chi connectivity index (χ2n) is 9.90. The molecule has 0 spiro atoms. The van der Waals surface area contributed by atoms with E-state index in [1.165, 1.54) is 57.8 Å². The summed E-state index contributed by atoms with van der Waals surface area (Å²) >= 11 is 0. The van der Waals surface area contributed by atoms with Crippen molar-refractivity contribution in [3.8, 4) is 0 Å². The van der Waals surface area contributed by atoms with Crippen LogP contribution in [0.15, 0.2) is 0 Å². The van der Waals surface area contributed by atoms with Crippen LogP contribution >= 0.6 is 0 Å². The molecule has 0 saturated heterocycles. The molecular weight excluding hydrogens is 376 g/mol. The van der Waals surface area contributed by atoms with E-state index in [2.05, 4.69) is 20.8 Å². The van der Waals surface area contributed by atoms with Crippen molar-refractivity contribution in [2.45, 2.75) is 136 Å². The Morgan fingerprint density at radius 3 is 1.93 bits per heavy atom. The van der Waals surface area contributed by atoms with Gasteiger partial charge in [-0.3, -0.25) is 9.59 Å². The number of ether oxygens (including phenoxy) is 1. The first kappa shape index (κ1) is 27.0. The fraction of sp³-hybridized carbons (Fsp3) is 0.923. The number of carboxylic acids is 1. The molecule has 0 amide bonds. The monoisotopic (exact) mass is 424 g/mol. The van der Waals surface area contributed by atoms with Crippen LogP contribution in [0.3, 0.4) is 0 Å². The maximum Gasteiger partial charge on any atom is 0.309 e. The van der Waals surface area contributed by atoms with Gasteiger partial charge in [0, 0.05) is 0 Å². The van der Waals surface area contributed by atoms with Gasteiger partial charge in [0.05, 0.1) is 11.8 Å². The Kier molecular flexibility index (Phi) is 14.9. The first-order valence-corrected chi connectivity index (χ1v) is 12.9. The number of hydrogen-bond donors (Lipinski definition) is 1. The van der Waals surface area contributed by atoms with Crippen molar-refractivity contribution in [1.29, 1.82) is 0 Å². The van der Waals surface area contributed by atoms with E-state index in [0.29, 0.717) is 12.8 Å². The lowest BCUT2D eigenvalue weighted by molar-refractivity contribution is -0.158. The Bertz CT molecular complexity index is 460. The zero-order valence-corrected chi connectivity index (χ0v) is 20.0. The molecular formula is C26H48O4. The molecule has 1 aliphatic carbocycles. The largest absolute Gasteiger partial charge is 0.481 e. The van der Waals surface area contributed by atoms with Crippen LogP contribution in [-0.2, 0) is 14.3 Å². The molecule has 0 aromatic carbocycles. The van der Waals surface area contributed by atoms with Gasteiger partial charge in [-0.15, -0.1) is 0 Å². The van der Waals surface area contributed by atoms with Gasteiger partial charge in [-0.1, -0.05) is 85.0 Å². The predicted molar refractivity (Wildman–Crippen MR) is 123 cm³/mol. The summed E-state index contributed by atoms with van der Waals surface area (Å²) in [5, 5.41) is 9.28. The van der Waals surface area contributed by atoms with Crippen LogP contribution in [0.5, 0.6) is 0 Å². The quantitative estimate of drug-likeness (QED) is 0.193. The Hall–Kier alpha value is -1.06. The van der Waals surface area contributed by atoms with Gasteiger partial charge in [0.25, 0.3) is 0 Å². The molecule has 176 valence electrons. The highest BCUT2D eigenvalue weighted by Crippen LogP contribution is 2.31. The molecule has 1 rings (SSSR count). The normalized spacial score (nSPS) is 20.3. The molecule has 1 aliphatic rings. The minimum absolute atomic E-state index is 0.0144. The number of rotatable bonds is 17. The van der Waals surface area contributed by atoms with E-state index in [0.717, 1.165) is 44.4 Å². The Morgan fingerprint density at radius 2 is 1.37 bits per heavy atom. The van der Waals surface area contributed by atoms with E-state index in [-0.39, 0.29) is 23.9 Å². The van der Waals surface area contributed by atoms with E-state index in [1.54, 1.807) is 0 Å². The molecule has 0 aromatic rings. The first-order valence-electron chi connectivity index (χ1n) is 12.9. The number of carbonyl (C=O) groups is 2. The second kappa shape index (κ2) is 16.6. The fourth-order valence-corrected chi connectivity index (χ4v) is 4.58. The van der Waals surface area contributed by atoms with Crippen LogP contribution in [0.2, 0.25) is 0 Å². The molecule has 4 nitrogen and oxygen atoms in total. The smallest absolute Gasteiger partial charge is 0.309 e. The van der Waals surface area contributed by atoms with Crippen LogP contribution in [0.25, 0.3) is 0 Å². The molecule has 0 heterocycles. The van der Waals surface area contributed by atoms with Gasteiger partial charge < -0.3 is 9.84 Å². The minimum atomic E-state index is -0.767. The van der Waals surface area contributed by atoms with Gasteiger partial charge in [0.1, 0.15) is 6.10 Å². The number of esters is 1. The highest BCUT2D eigenvalue weighted by molar-refractivity contribution is 5.75. The molecule has 1 saturated carbocycles. The third kappa shape index (κ3) is 12.6. The van der Waals surface area contributed by atoms with Crippen molar-refractivity contribution in [1.82, 2.24) is 0 Å². The van der Waals surface area contributed by atoms with Gasteiger partial charge in [0.15, 0.2) is 0 Å². The van der Waals surface area contributed by atoms with Gasteiger partial charge in [-0.25, -0.2) is 0 Å². The minimum Gasteiger partial charge on any atom is -0.481 e. The van der Waals surface area contributed by atoms with E-state index >= 15 is 0 Å². The predicted octanol–water partition coefficient (Wildman–Crippen LogP) is 7.54. The summed E-state index contributed by atoms with van der Waals surface area (Å²) in [5.41, 5.74) is 0. The topological polar surface area (TPSA) is 63.6 Å². The number of aliphatic carboxylic acids is 1. The third-order valence-electron chi connectivity index (χ3n) is 6.58. The third-order valence-corrected chi connectivity index (χ3v) is 6.58. The fourth-order valence-electron chi connectivity index (χ4n) is 4.58. The van der Waals surface area contributed by atoms with Crippen molar-refractivity contribution in [3.63, 3.8) is 0 Å². The molecule has 0 bridgehead atoms. The SMILES string of the molecule is CCCCCCC(CCCCCCCCC(C)C)OC(=O)C1CCCC(C(=O)O)C1. The summed E-state index contributed by atoms with van der Waals surface area (Å²) < 4.78 is 5.94. The zero-order chi connectivity index (χ0) is 22.2. The van der Waals surface area contributed by atoms with Crippen molar-refractivity contribution < 1.29 is 19.4 Å². The van der Waals surface area contributed by atoms with E-state index in [4.69, 9.17) is 4.74 Å². The highest BCUT2D eigenvalue weighted by atomic mass is 16.5. The molecule has 1 N–H and O–H groups in total. The van der Waals surface area contributed by atoms with Gasteiger partial charge in [-0.05, 0) is 50.9 Å². The number of hydrogen-bond acceptors (Lipinski definition) is 3. The average molecular weight is 425 g/mol. The number of unbranched alkanes of at least 4 members (excludes halogenated alkanes) is 8. The lowest BCUT2D eigenvalue weighted by atomic mass is 9.81. The van der Waals surface area contributed by atoms with Crippen LogP contribution in [0.4, 0.5) is 0 Å². The van der Waals surface area contributed by atoms with Gasteiger partial charge >= 0.3 is 11.9 Å². The Balaban J connectivity index is 2.35. The number of carbonyl (C=O) groups excluding carboxylic acids is 1. The standard InChI is InChI=1S/C26H48O4/c1-4-5-6-12-18-24(19-13-10-8-7-9-11-15-21(2)3)30-26(29)23-17-14-16-22(20-23)25(27)28/h21-24H,4-20H2,1-3H3,(H,27,28). The molecule has 0 radical (unpaired) electrons. The zero-order valence-electron chi connectivity index (χ0n) is 20.0. The van der Waals surface area contributed by atoms with E-state index in [1.807, 2.05) is 0 Å². The summed E-state index contributed by atoms with van der Waals surface area (Å²) in [4.78, 5) is 24.0. The van der Waals surface area contributed by atoms with Crippen LogP contribution in [0.1, 0.15) is 130 Å². The van der Waals surface area contributed by atoms with Crippen LogP contribution in [-0.4, -0.2) is 23.1 Å². The molecule has 3 unspecified atom stereocenters. The van der Waals surface area contributed by atoms with E-state index < -0.39 is 5.97 Å². The maximum atomic E-state index is 12.7. The lowest BCUT2D eigenvalue weighted by Crippen LogP contribution is -2.31. The lowest BCUT2D eigenvalue weighted by Gasteiger charge is -2.27. The van der Waals surface area contributed by atoms with Crippen molar-refractivity contribution >= 4 is 11.9 Å². The average Bonchev–Trinajstić information content (AvgIpc) is 2.72. The molecule has 1 fully saturated rings. The van der Waals surface area contributed by atoms with Gasteiger partial charge in [0.2, 0.25) is 0 Å². The Labute approximate surface area is 185 Å². The molecule has 0 aliphatic heterocycles. The summed E-state index contributed by atoms with van der Waals surface area (Å²) in [6, 6.07) is 0. The highest BCUT2D eigenvalue weighted by Gasteiger charge is 2.32. The van der Waals surface area contributed by atoms with Crippen LogP contribution < -0.4 is 0 Å². The molecule has 3 atom stereocenters. The summed E-state index contributed by atoms with van der Waals surface area (Å²) in [7, 11) is 0. The first-order chi connectivity index (χ1) is 14.4.